The van der Waals surface area contributed by atoms with Gasteiger partial charge in [0.05, 0.1) is 6.04 Å². The van der Waals surface area contributed by atoms with E-state index in [1.54, 1.807) is 25.1 Å². The standard InChI is InChI=1S/C10H10FN3OS/c1-6(7-4-2-3-5-8(7)11)14-9(15)12-13-10(14)16/h2-6H,1H3,(H,12,15)(H,13,16). The van der Waals surface area contributed by atoms with Crippen molar-refractivity contribution in [2.45, 2.75) is 13.0 Å². The highest BCUT2D eigenvalue weighted by atomic mass is 32.1. The predicted octanol–water partition coefficient (Wildman–Crippen LogP) is 1.98. The van der Waals surface area contributed by atoms with Crippen LogP contribution in [0.15, 0.2) is 29.1 Å². The van der Waals surface area contributed by atoms with E-state index >= 15 is 0 Å². The Morgan fingerprint density at radius 1 is 1.38 bits per heavy atom. The Morgan fingerprint density at radius 2 is 2.06 bits per heavy atom. The molecule has 1 heterocycles. The summed E-state index contributed by atoms with van der Waals surface area (Å²) < 4.78 is 15.1. The van der Waals surface area contributed by atoms with Crippen LogP contribution in [0.1, 0.15) is 18.5 Å². The molecule has 0 aliphatic rings. The number of nitrogens with one attached hydrogen (secondary N) is 2. The number of hydrogen-bond donors (Lipinski definition) is 2. The van der Waals surface area contributed by atoms with Crippen molar-refractivity contribution in [2.24, 2.45) is 0 Å². The van der Waals surface area contributed by atoms with Crippen LogP contribution >= 0.6 is 12.2 Å². The fourth-order valence-electron chi connectivity index (χ4n) is 1.62. The van der Waals surface area contributed by atoms with Gasteiger partial charge < -0.3 is 0 Å². The topological polar surface area (TPSA) is 53.6 Å². The Hall–Kier alpha value is -1.69. The maximum Gasteiger partial charge on any atom is 0.342 e. The molecule has 2 rings (SSSR count). The molecule has 0 radical (unpaired) electrons. The van der Waals surface area contributed by atoms with Gasteiger partial charge in [0, 0.05) is 5.56 Å². The van der Waals surface area contributed by atoms with Gasteiger partial charge in [0.25, 0.3) is 0 Å². The second-order valence-corrected chi connectivity index (χ2v) is 3.81. The van der Waals surface area contributed by atoms with Crippen LogP contribution in [-0.2, 0) is 0 Å². The summed E-state index contributed by atoms with van der Waals surface area (Å²) in [5, 5.41) is 4.89. The van der Waals surface area contributed by atoms with Gasteiger partial charge in [0.2, 0.25) is 0 Å². The van der Waals surface area contributed by atoms with Crippen LogP contribution in [0.3, 0.4) is 0 Å². The molecule has 1 atom stereocenters. The molecule has 0 amide bonds. The number of aromatic amines is 2. The smallest absolute Gasteiger partial charge is 0.272 e. The summed E-state index contributed by atoms with van der Waals surface area (Å²) in [5.74, 6) is -0.350. The number of aromatic nitrogens is 3. The van der Waals surface area contributed by atoms with Gasteiger partial charge in [-0.25, -0.2) is 14.3 Å². The van der Waals surface area contributed by atoms with Gasteiger partial charge in [-0.3, -0.25) is 9.67 Å². The summed E-state index contributed by atoms with van der Waals surface area (Å²) in [7, 11) is 0. The molecule has 0 fully saturated rings. The molecule has 1 unspecified atom stereocenters. The summed E-state index contributed by atoms with van der Waals surface area (Å²) in [4.78, 5) is 11.5. The number of nitrogens with zero attached hydrogens (tertiary/aromatic N) is 1. The first-order valence-corrected chi connectivity index (χ1v) is 5.15. The van der Waals surface area contributed by atoms with Crippen LogP contribution in [0.5, 0.6) is 0 Å². The molecule has 1 aromatic carbocycles. The fourth-order valence-corrected chi connectivity index (χ4v) is 1.92. The van der Waals surface area contributed by atoms with Crippen molar-refractivity contribution in [2.75, 3.05) is 0 Å². The Kier molecular flexibility index (Phi) is 2.74. The van der Waals surface area contributed by atoms with Crippen molar-refractivity contribution in [3.63, 3.8) is 0 Å². The maximum atomic E-state index is 13.5. The van der Waals surface area contributed by atoms with Gasteiger partial charge >= 0.3 is 5.69 Å². The molecular weight excluding hydrogens is 229 g/mol. The summed E-state index contributed by atoms with van der Waals surface area (Å²) >= 11 is 4.95. The molecule has 0 aliphatic carbocycles. The van der Waals surface area contributed by atoms with E-state index in [0.29, 0.717) is 5.56 Å². The Labute approximate surface area is 95.7 Å². The minimum atomic E-state index is -0.441. The third-order valence-corrected chi connectivity index (χ3v) is 2.76. The Morgan fingerprint density at radius 3 is 2.62 bits per heavy atom. The van der Waals surface area contributed by atoms with E-state index in [9.17, 15) is 9.18 Å². The van der Waals surface area contributed by atoms with Crippen LogP contribution in [0.4, 0.5) is 4.39 Å². The first-order valence-electron chi connectivity index (χ1n) is 4.75. The van der Waals surface area contributed by atoms with Gasteiger partial charge in [-0.15, -0.1) is 0 Å². The van der Waals surface area contributed by atoms with E-state index < -0.39 is 6.04 Å². The lowest BCUT2D eigenvalue weighted by atomic mass is 10.1. The highest BCUT2D eigenvalue weighted by molar-refractivity contribution is 7.71. The SMILES string of the molecule is CC(c1ccccc1F)n1c(=O)[nH][nH]c1=S. The van der Waals surface area contributed by atoms with Gasteiger partial charge in [-0.2, -0.15) is 0 Å². The van der Waals surface area contributed by atoms with E-state index in [1.807, 2.05) is 0 Å². The monoisotopic (exact) mass is 239 g/mol. The molecule has 6 heteroatoms. The van der Waals surface area contributed by atoms with Crippen molar-refractivity contribution < 1.29 is 4.39 Å². The normalized spacial score (nSPS) is 12.6. The summed E-state index contributed by atoms with van der Waals surface area (Å²) in [5.41, 5.74) is 0.0597. The highest BCUT2D eigenvalue weighted by Gasteiger charge is 2.15. The lowest BCUT2D eigenvalue weighted by Crippen LogP contribution is -2.22. The van der Waals surface area contributed by atoms with Crippen molar-refractivity contribution in [1.82, 2.24) is 14.8 Å². The molecular formula is C10H10FN3OS. The van der Waals surface area contributed by atoms with Crippen LogP contribution < -0.4 is 5.69 Å². The van der Waals surface area contributed by atoms with Crippen molar-refractivity contribution in [1.29, 1.82) is 0 Å². The molecule has 2 N–H and O–H groups in total. The van der Waals surface area contributed by atoms with Crippen molar-refractivity contribution in [3.8, 4) is 0 Å². The predicted molar refractivity (Wildman–Crippen MR) is 60.5 cm³/mol. The van der Waals surface area contributed by atoms with Crippen LogP contribution in [0.25, 0.3) is 0 Å². The molecule has 0 bridgehead atoms. The number of benzene rings is 1. The average Bonchev–Trinajstić information content (AvgIpc) is 2.58. The number of hydrogen-bond acceptors (Lipinski definition) is 2. The highest BCUT2D eigenvalue weighted by Crippen LogP contribution is 2.18. The second-order valence-electron chi connectivity index (χ2n) is 3.43. The van der Waals surface area contributed by atoms with E-state index in [4.69, 9.17) is 12.2 Å². The first kappa shape index (κ1) is 10.8. The third kappa shape index (κ3) is 1.71. The Balaban J connectivity index is 2.56. The first-order chi connectivity index (χ1) is 7.61. The zero-order valence-electron chi connectivity index (χ0n) is 8.53. The maximum absolute atomic E-state index is 13.5. The molecule has 0 saturated heterocycles. The molecule has 1 aromatic heterocycles. The molecule has 0 saturated carbocycles. The summed E-state index contributed by atoms with van der Waals surface area (Å²) in [6, 6.07) is 5.87. The molecule has 0 spiro atoms. The van der Waals surface area contributed by atoms with Crippen molar-refractivity contribution >= 4 is 12.2 Å². The zero-order chi connectivity index (χ0) is 11.7. The zero-order valence-corrected chi connectivity index (χ0v) is 9.34. The van der Waals surface area contributed by atoms with Crippen LogP contribution in [0.2, 0.25) is 0 Å². The van der Waals surface area contributed by atoms with E-state index in [-0.39, 0.29) is 16.3 Å². The minimum absolute atomic E-state index is 0.251. The molecule has 84 valence electrons. The Bertz CT molecular complexity index is 585. The van der Waals surface area contributed by atoms with Crippen LogP contribution in [0, 0.1) is 10.6 Å². The lowest BCUT2D eigenvalue weighted by molar-refractivity contribution is 0.545. The minimum Gasteiger partial charge on any atom is -0.272 e. The van der Waals surface area contributed by atoms with E-state index in [0.717, 1.165) is 0 Å². The fraction of sp³-hybridized carbons (Fsp3) is 0.200. The summed E-state index contributed by atoms with van der Waals surface area (Å²) in [6.07, 6.45) is 0. The molecule has 0 aliphatic heterocycles. The number of H-pyrrole nitrogens is 2. The van der Waals surface area contributed by atoms with Gasteiger partial charge in [-0.05, 0) is 25.2 Å². The molecule has 4 nitrogen and oxygen atoms in total. The summed E-state index contributed by atoms with van der Waals surface area (Å²) in [6.45, 7) is 1.72. The quantitative estimate of drug-likeness (QED) is 0.787. The largest absolute Gasteiger partial charge is 0.342 e. The molecule has 2 aromatic rings. The van der Waals surface area contributed by atoms with Gasteiger partial charge in [0.15, 0.2) is 4.77 Å². The van der Waals surface area contributed by atoms with Crippen LogP contribution in [-0.4, -0.2) is 14.8 Å². The average molecular weight is 239 g/mol. The second kappa shape index (κ2) is 4.05. The van der Waals surface area contributed by atoms with E-state index in [1.165, 1.54) is 10.6 Å². The van der Waals surface area contributed by atoms with Gasteiger partial charge in [0.1, 0.15) is 5.82 Å². The van der Waals surface area contributed by atoms with Crippen molar-refractivity contribution in [3.05, 3.63) is 50.9 Å². The number of rotatable bonds is 2. The lowest BCUT2D eigenvalue weighted by Gasteiger charge is -2.12. The number of halogens is 1. The third-order valence-electron chi connectivity index (χ3n) is 2.46. The van der Waals surface area contributed by atoms with Gasteiger partial charge in [-0.1, -0.05) is 18.2 Å². The van der Waals surface area contributed by atoms with E-state index in [2.05, 4.69) is 10.2 Å². The molecule has 16 heavy (non-hydrogen) atoms.